The number of carbonyl (C=O) groups is 2. The summed E-state index contributed by atoms with van der Waals surface area (Å²) in [5.74, 6) is -1.17. The van der Waals surface area contributed by atoms with Crippen LogP contribution in [-0.2, 0) is 14.8 Å². The lowest BCUT2D eigenvalue weighted by Gasteiger charge is -2.21. The Labute approximate surface area is 153 Å². The van der Waals surface area contributed by atoms with E-state index >= 15 is 0 Å². The average molecular weight is 374 g/mol. The van der Waals surface area contributed by atoms with E-state index in [1.54, 1.807) is 36.4 Å². The fraction of sp³-hybridized carbons (Fsp3) is 0.263. The van der Waals surface area contributed by atoms with Gasteiger partial charge in [-0.1, -0.05) is 43.7 Å². The van der Waals surface area contributed by atoms with Gasteiger partial charge < -0.3 is 0 Å². The van der Waals surface area contributed by atoms with Crippen LogP contribution < -0.4 is 5.43 Å². The Balaban J connectivity index is 2.28. The summed E-state index contributed by atoms with van der Waals surface area (Å²) in [6.45, 7) is 6.96. The highest BCUT2D eigenvalue weighted by Gasteiger charge is 2.29. The summed E-state index contributed by atoms with van der Waals surface area (Å²) in [6, 6.07) is 12.8. The predicted octanol–water partition coefficient (Wildman–Crippen LogP) is 3.00. The second-order valence-electron chi connectivity index (χ2n) is 6.32. The van der Waals surface area contributed by atoms with Crippen LogP contribution in [0.2, 0.25) is 0 Å². The quantitative estimate of drug-likeness (QED) is 0.834. The van der Waals surface area contributed by atoms with Gasteiger partial charge in [0.25, 0.3) is 21.8 Å². The minimum atomic E-state index is -4.19. The standard InChI is InChI=1S/C19H22N2O4S/c1-13(2)16-7-9-17(10-8-16)19(23)20-21(15(4)22)26(24,25)18-11-5-14(3)6-12-18/h5-13H,1-4H3,(H,20,23). The number of carbonyl (C=O) groups excluding carboxylic acids is 2. The molecule has 0 aliphatic rings. The fourth-order valence-electron chi connectivity index (χ4n) is 2.30. The van der Waals surface area contributed by atoms with Crippen molar-refractivity contribution < 1.29 is 18.0 Å². The van der Waals surface area contributed by atoms with Crippen LogP contribution in [0.5, 0.6) is 0 Å². The van der Waals surface area contributed by atoms with E-state index in [9.17, 15) is 18.0 Å². The third-order valence-corrected chi connectivity index (χ3v) is 5.58. The smallest absolute Gasteiger partial charge is 0.272 e. The second-order valence-corrected chi connectivity index (χ2v) is 8.11. The number of nitrogens with one attached hydrogen (secondary N) is 1. The fourth-order valence-corrected chi connectivity index (χ4v) is 3.53. The number of benzene rings is 2. The van der Waals surface area contributed by atoms with Gasteiger partial charge in [0, 0.05) is 12.5 Å². The SMILES string of the molecule is CC(=O)N(NC(=O)c1ccc(C(C)C)cc1)S(=O)(=O)c1ccc(C)cc1. The molecule has 0 aromatic heterocycles. The molecule has 138 valence electrons. The van der Waals surface area contributed by atoms with E-state index in [1.807, 2.05) is 20.8 Å². The van der Waals surface area contributed by atoms with Crippen LogP contribution in [0.3, 0.4) is 0 Å². The number of sulfonamides is 1. The van der Waals surface area contributed by atoms with Gasteiger partial charge in [-0.05, 0) is 42.7 Å². The van der Waals surface area contributed by atoms with Crippen molar-refractivity contribution in [3.8, 4) is 0 Å². The molecule has 26 heavy (non-hydrogen) atoms. The minimum absolute atomic E-state index is 0.0752. The van der Waals surface area contributed by atoms with Crippen LogP contribution in [0.15, 0.2) is 53.4 Å². The van der Waals surface area contributed by atoms with E-state index in [0.717, 1.165) is 18.1 Å². The molecule has 0 spiro atoms. The van der Waals surface area contributed by atoms with Gasteiger partial charge in [0.15, 0.2) is 0 Å². The van der Waals surface area contributed by atoms with Gasteiger partial charge in [0.1, 0.15) is 0 Å². The first kappa shape index (κ1) is 19.7. The molecule has 2 aromatic carbocycles. The van der Waals surface area contributed by atoms with Crippen LogP contribution in [0.4, 0.5) is 0 Å². The Morgan fingerprint density at radius 2 is 1.50 bits per heavy atom. The molecule has 0 aliphatic heterocycles. The lowest BCUT2D eigenvalue weighted by Crippen LogP contribution is -2.48. The van der Waals surface area contributed by atoms with Crippen LogP contribution in [0.25, 0.3) is 0 Å². The van der Waals surface area contributed by atoms with Crippen molar-refractivity contribution in [3.63, 3.8) is 0 Å². The van der Waals surface area contributed by atoms with E-state index < -0.39 is 21.8 Å². The van der Waals surface area contributed by atoms with Gasteiger partial charge in [-0.15, -0.1) is 4.41 Å². The number of hydrazine groups is 1. The summed E-state index contributed by atoms with van der Waals surface area (Å²) in [4.78, 5) is 24.2. The van der Waals surface area contributed by atoms with Gasteiger partial charge in [0.2, 0.25) is 0 Å². The van der Waals surface area contributed by atoms with E-state index in [0.29, 0.717) is 10.3 Å². The van der Waals surface area contributed by atoms with Crippen LogP contribution >= 0.6 is 0 Å². The molecule has 0 saturated carbocycles. The van der Waals surface area contributed by atoms with Crippen molar-refractivity contribution in [1.82, 2.24) is 9.84 Å². The molecule has 2 rings (SSSR count). The molecule has 0 heterocycles. The van der Waals surface area contributed by atoms with Gasteiger partial charge in [-0.3, -0.25) is 9.59 Å². The molecule has 1 N–H and O–H groups in total. The van der Waals surface area contributed by atoms with Crippen molar-refractivity contribution in [2.75, 3.05) is 0 Å². The van der Waals surface area contributed by atoms with Crippen molar-refractivity contribution in [1.29, 1.82) is 0 Å². The number of hydrogen-bond acceptors (Lipinski definition) is 4. The Morgan fingerprint density at radius 3 is 1.96 bits per heavy atom. The average Bonchev–Trinajstić information content (AvgIpc) is 2.59. The van der Waals surface area contributed by atoms with E-state index in [-0.39, 0.29) is 10.5 Å². The highest BCUT2D eigenvalue weighted by atomic mass is 32.2. The maximum atomic E-state index is 12.7. The predicted molar refractivity (Wildman–Crippen MR) is 98.9 cm³/mol. The van der Waals surface area contributed by atoms with Crippen molar-refractivity contribution in [2.45, 2.75) is 38.5 Å². The summed E-state index contributed by atoms with van der Waals surface area (Å²) in [7, 11) is -4.19. The zero-order chi connectivity index (χ0) is 19.5. The van der Waals surface area contributed by atoms with E-state index in [4.69, 9.17) is 0 Å². The third kappa shape index (κ3) is 4.29. The molecule has 0 atom stereocenters. The normalized spacial score (nSPS) is 11.3. The summed E-state index contributed by atoms with van der Waals surface area (Å²) < 4.78 is 25.7. The Hall–Kier alpha value is -2.67. The molecule has 0 radical (unpaired) electrons. The summed E-state index contributed by atoms with van der Waals surface area (Å²) >= 11 is 0. The summed E-state index contributed by atoms with van der Waals surface area (Å²) in [5.41, 5.74) is 4.39. The number of amides is 2. The second kappa shape index (κ2) is 7.70. The van der Waals surface area contributed by atoms with Gasteiger partial charge in [-0.2, -0.15) is 8.42 Å². The Kier molecular flexibility index (Phi) is 5.82. The van der Waals surface area contributed by atoms with E-state index in [2.05, 4.69) is 5.43 Å². The third-order valence-electron chi connectivity index (χ3n) is 3.89. The summed E-state index contributed by atoms with van der Waals surface area (Å²) in [5, 5.41) is 0. The van der Waals surface area contributed by atoms with Gasteiger partial charge in [-0.25, -0.2) is 5.43 Å². The lowest BCUT2D eigenvalue weighted by atomic mass is 10.0. The first-order valence-corrected chi connectivity index (χ1v) is 9.60. The van der Waals surface area contributed by atoms with Gasteiger partial charge in [0.05, 0.1) is 4.90 Å². The monoisotopic (exact) mass is 374 g/mol. The largest absolute Gasteiger partial charge is 0.284 e. The molecule has 7 heteroatoms. The molecule has 0 fully saturated rings. The molecule has 6 nitrogen and oxygen atoms in total. The van der Waals surface area contributed by atoms with Crippen molar-refractivity contribution in [2.24, 2.45) is 0 Å². The molecule has 2 amide bonds. The Morgan fingerprint density at radius 1 is 0.962 bits per heavy atom. The molecule has 0 unspecified atom stereocenters. The highest BCUT2D eigenvalue weighted by Crippen LogP contribution is 2.17. The molecule has 2 aromatic rings. The number of rotatable bonds is 4. The maximum Gasteiger partial charge on any atom is 0.284 e. The van der Waals surface area contributed by atoms with Crippen molar-refractivity contribution >= 4 is 21.8 Å². The molecule has 0 saturated heterocycles. The van der Waals surface area contributed by atoms with E-state index in [1.165, 1.54) is 12.1 Å². The maximum absolute atomic E-state index is 12.7. The van der Waals surface area contributed by atoms with Gasteiger partial charge >= 0.3 is 0 Å². The highest BCUT2D eigenvalue weighted by molar-refractivity contribution is 7.89. The molecular weight excluding hydrogens is 352 g/mol. The Bertz CT molecular complexity index is 902. The van der Waals surface area contributed by atoms with Crippen molar-refractivity contribution in [3.05, 3.63) is 65.2 Å². The number of aryl methyl sites for hydroxylation is 1. The number of nitrogens with zero attached hydrogens (tertiary/aromatic N) is 1. The number of hydrogen-bond donors (Lipinski definition) is 1. The van der Waals surface area contributed by atoms with Crippen LogP contribution in [0.1, 0.15) is 48.2 Å². The molecule has 0 aliphatic carbocycles. The summed E-state index contributed by atoms with van der Waals surface area (Å²) in [6.07, 6.45) is 0. The first-order chi connectivity index (χ1) is 12.1. The molecular formula is C19H22N2O4S. The minimum Gasteiger partial charge on any atom is -0.272 e. The van der Waals surface area contributed by atoms with Crippen LogP contribution in [-0.4, -0.2) is 24.6 Å². The zero-order valence-corrected chi connectivity index (χ0v) is 16.0. The molecule has 0 bridgehead atoms. The van der Waals surface area contributed by atoms with Crippen LogP contribution in [0, 0.1) is 6.92 Å². The topological polar surface area (TPSA) is 83.6 Å². The lowest BCUT2D eigenvalue weighted by molar-refractivity contribution is -0.125. The zero-order valence-electron chi connectivity index (χ0n) is 15.2. The first-order valence-electron chi connectivity index (χ1n) is 8.16.